The summed E-state index contributed by atoms with van der Waals surface area (Å²) in [5.74, 6) is 0. The number of thiocarbonyl (C=S) groups is 1. The molecule has 4 heteroatoms. The molecule has 1 rings (SSSR count). The maximum Gasteiger partial charge on any atom is 0.241 e. The zero-order valence-corrected chi connectivity index (χ0v) is 8.09. The molecule has 0 radical (unpaired) electrons. The Morgan fingerprint density at radius 1 is 1.36 bits per heavy atom. The number of hydrogen-bond acceptors (Lipinski definition) is 3. The van der Waals surface area contributed by atoms with Crippen molar-refractivity contribution in [3.63, 3.8) is 0 Å². The van der Waals surface area contributed by atoms with Gasteiger partial charge in [0.25, 0.3) is 0 Å². The first kappa shape index (κ1) is 9.29. The van der Waals surface area contributed by atoms with Crippen LogP contribution in [0, 0.1) is 0 Å². The van der Waals surface area contributed by atoms with Crippen molar-refractivity contribution < 1.29 is 4.84 Å². The quantitative estimate of drug-likeness (QED) is 0.396. The minimum absolute atomic E-state index is 0.274. The number of thiol groups is 1. The van der Waals surface area contributed by atoms with E-state index in [2.05, 4.69) is 30.3 Å². The first-order valence-electron chi connectivity index (χ1n) is 3.94. The summed E-state index contributed by atoms with van der Waals surface area (Å²) in [6.07, 6.45) is 6.32. The van der Waals surface area contributed by atoms with Crippen LogP contribution in [-0.2, 0) is 4.84 Å². The lowest BCUT2D eigenvalue weighted by Crippen LogP contribution is -2.31. The van der Waals surface area contributed by atoms with Gasteiger partial charge in [0, 0.05) is 6.04 Å². The largest absolute Gasteiger partial charge is 0.390 e. The molecule has 1 aliphatic rings. The fourth-order valence-corrected chi connectivity index (χ4v) is 1.45. The molecule has 0 aromatic heterocycles. The lowest BCUT2D eigenvalue weighted by molar-refractivity contribution is 0.130. The van der Waals surface area contributed by atoms with Gasteiger partial charge in [-0.05, 0) is 25.1 Å². The number of hydroxylamine groups is 1. The minimum Gasteiger partial charge on any atom is -0.390 e. The standard InChI is InChI=1S/C7H13NOS2/c10-7(11)9-8-6-4-2-1-3-5-6/h6,8H,1-5H2,(H,10,11). The Labute approximate surface area is 78.1 Å². The third-order valence-electron chi connectivity index (χ3n) is 1.92. The van der Waals surface area contributed by atoms with Gasteiger partial charge < -0.3 is 4.84 Å². The van der Waals surface area contributed by atoms with Gasteiger partial charge in [0.05, 0.1) is 0 Å². The minimum atomic E-state index is 0.274. The summed E-state index contributed by atoms with van der Waals surface area (Å²) in [6.45, 7) is 0. The van der Waals surface area contributed by atoms with Crippen molar-refractivity contribution in [2.45, 2.75) is 38.1 Å². The summed E-state index contributed by atoms with van der Waals surface area (Å²) >= 11 is 8.49. The van der Waals surface area contributed by atoms with Crippen LogP contribution in [0.15, 0.2) is 0 Å². The molecule has 0 atom stereocenters. The third kappa shape index (κ3) is 3.94. The molecular formula is C7H13NOS2. The van der Waals surface area contributed by atoms with E-state index in [9.17, 15) is 0 Å². The van der Waals surface area contributed by atoms with Gasteiger partial charge >= 0.3 is 0 Å². The van der Waals surface area contributed by atoms with Crippen LogP contribution < -0.4 is 5.48 Å². The lowest BCUT2D eigenvalue weighted by Gasteiger charge is -2.21. The predicted octanol–water partition coefficient (Wildman–Crippen LogP) is 2.05. The first-order chi connectivity index (χ1) is 5.29. The highest BCUT2D eigenvalue weighted by Gasteiger charge is 2.12. The summed E-state index contributed by atoms with van der Waals surface area (Å²) in [5.41, 5.74) is 2.90. The Bertz CT molecular complexity index is 134. The Morgan fingerprint density at radius 2 is 2.00 bits per heavy atom. The van der Waals surface area contributed by atoms with Crippen LogP contribution in [0.4, 0.5) is 0 Å². The van der Waals surface area contributed by atoms with Gasteiger partial charge in [0.2, 0.25) is 4.38 Å². The summed E-state index contributed by atoms with van der Waals surface area (Å²) in [4.78, 5) is 4.93. The van der Waals surface area contributed by atoms with Crippen molar-refractivity contribution in [1.82, 2.24) is 5.48 Å². The van der Waals surface area contributed by atoms with Crippen LogP contribution in [0.2, 0.25) is 0 Å². The van der Waals surface area contributed by atoms with Gasteiger partial charge in [0.1, 0.15) is 0 Å². The number of nitrogens with one attached hydrogen (secondary N) is 1. The van der Waals surface area contributed by atoms with Crippen LogP contribution in [0.1, 0.15) is 32.1 Å². The molecule has 0 aromatic carbocycles. The van der Waals surface area contributed by atoms with Crippen molar-refractivity contribution in [1.29, 1.82) is 0 Å². The normalized spacial score (nSPS) is 19.7. The van der Waals surface area contributed by atoms with E-state index in [4.69, 9.17) is 4.84 Å². The second-order valence-electron chi connectivity index (χ2n) is 2.82. The number of rotatable bonds is 2. The second kappa shape index (κ2) is 4.95. The molecule has 0 heterocycles. The lowest BCUT2D eigenvalue weighted by atomic mass is 9.96. The molecule has 1 N–H and O–H groups in total. The third-order valence-corrected chi connectivity index (χ3v) is 2.09. The maximum absolute atomic E-state index is 4.93. The van der Waals surface area contributed by atoms with Crippen LogP contribution in [-0.4, -0.2) is 10.4 Å². The fraction of sp³-hybridized carbons (Fsp3) is 0.857. The zero-order chi connectivity index (χ0) is 8.10. The van der Waals surface area contributed by atoms with Crippen molar-refractivity contribution in [2.75, 3.05) is 0 Å². The first-order valence-corrected chi connectivity index (χ1v) is 4.80. The van der Waals surface area contributed by atoms with E-state index in [0.717, 1.165) is 0 Å². The van der Waals surface area contributed by atoms with Crippen LogP contribution >= 0.6 is 24.8 Å². The average molecular weight is 191 g/mol. The monoisotopic (exact) mass is 191 g/mol. The van der Waals surface area contributed by atoms with E-state index in [1.165, 1.54) is 32.1 Å². The van der Waals surface area contributed by atoms with Crippen LogP contribution in [0.25, 0.3) is 0 Å². The van der Waals surface area contributed by atoms with E-state index in [1.807, 2.05) is 0 Å². The van der Waals surface area contributed by atoms with E-state index in [0.29, 0.717) is 6.04 Å². The molecule has 64 valence electrons. The van der Waals surface area contributed by atoms with Crippen molar-refractivity contribution >= 4 is 29.2 Å². The van der Waals surface area contributed by atoms with Crippen molar-refractivity contribution in [3.8, 4) is 0 Å². The molecule has 1 saturated carbocycles. The molecule has 1 aliphatic carbocycles. The average Bonchev–Trinajstić information content (AvgIpc) is 2.03. The summed E-state index contributed by atoms with van der Waals surface area (Å²) < 4.78 is 0.274. The molecule has 2 nitrogen and oxygen atoms in total. The number of hydrogen-bond donors (Lipinski definition) is 2. The molecule has 0 unspecified atom stereocenters. The van der Waals surface area contributed by atoms with Gasteiger partial charge in [-0.25, -0.2) is 0 Å². The van der Waals surface area contributed by atoms with E-state index >= 15 is 0 Å². The topological polar surface area (TPSA) is 21.3 Å². The van der Waals surface area contributed by atoms with Gasteiger partial charge in [-0.15, -0.1) is 0 Å². The van der Waals surface area contributed by atoms with Gasteiger partial charge in [-0.3, -0.25) is 0 Å². The Morgan fingerprint density at radius 3 is 2.55 bits per heavy atom. The molecular weight excluding hydrogens is 178 g/mol. The molecule has 0 aromatic rings. The summed E-state index contributed by atoms with van der Waals surface area (Å²) in [5, 5.41) is 0. The molecule has 0 amide bonds. The van der Waals surface area contributed by atoms with Gasteiger partial charge in [-0.2, -0.15) is 5.48 Å². The van der Waals surface area contributed by atoms with Gasteiger partial charge in [-0.1, -0.05) is 31.9 Å². The van der Waals surface area contributed by atoms with Crippen molar-refractivity contribution in [2.24, 2.45) is 0 Å². The van der Waals surface area contributed by atoms with E-state index in [1.54, 1.807) is 0 Å². The van der Waals surface area contributed by atoms with Gasteiger partial charge in [0.15, 0.2) is 0 Å². The van der Waals surface area contributed by atoms with E-state index < -0.39 is 0 Å². The highest BCUT2D eigenvalue weighted by atomic mass is 32.1. The highest BCUT2D eigenvalue weighted by Crippen LogP contribution is 2.17. The molecule has 0 aliphatic heterocycles. The second-order valence-corrected chi connectivity index (χ2v) is 3.90. The van der Waals surface area contributed by atoms with Crippen LogP contribution in [0.5, 0.6) is 0 Å². The summed E-state index contributed by atoms with van der Waals surface area (Å²) in [7, 11) is 0. The zero-order valence-electron chi connectivity index (χ0n) is 6.38. The molecule has 0 bridgehead atoms. The fourth-order valence-electron chi connectivity index (χ4n) is 1.35. The predicted molar refractivity (Wildman–Crippen MR) is 52.7 cm³/mol. The molecule has 0 spiro atoms. The highest BCUT2D eigenvalue weighted by molar-refractivity contribution is 8.10. The molecule has 1 fully saturated rings. The Kier molecular flexibility index (Phi) is 4.18. The van der Waals surface area contributed by atoms with E-state index in [-0.39, 0.29) is 4.38 Å². The van der Waals surface area contributed by atoms with Crippen LogP contribution in [0.3, 0.4) is 0 Å². The molecule has 0 saturated heterocycles. The SMILES string of the molecule is S=C(S)ONC1CCCCC1. The smallest absolute Gasteiger partial charge is 0.241 e. The van der Waals surface area contributed by atoms with Crippen molar-refractivity contribution in [3.05, 3.63) is 0 Å². The summed E-state index contributed by atoms with van der Waals surface area (Å²) in [6, 6.07) is 0.480. The Balaban J connectivity index is 2.09. The molecule has 11 heavy (non-hydrogen) atoms. The Hall–Kier alpha value is 0.200. The maximum atomic E-state index is 4.93.